The van der Waals surface area contributed by atoms with E-state index in [9.17, 15) is 36.7 Å². The van der Waals surface area contributed by atoms with Crippen LogP contribution in [0.5, 0.6) is 0 Å². The molecule has 2 aromatic carbocycles. The Morgan fingerprint density at radius 2 is 1.75 bits per heavy atom. The number of hydrogen-bond acceptors (Lipinski definition) is 3. The molecule has 0 bridgehead atoms. The van der Waals surface area contributed by atoms with Crippen molar-refractivity contribution >= 4 is 23.4 Å². The summed E-state index contributed by atoms with van der Waals surface area (Å²) < 4.78 is 67.2. The van der Waals surface area contributed by atoms with Gasteiger partial charge in [0.2, 0.25) is 0 Å². The van der Waals surface area contributed by atoms with Gasteiger partial charge < -0.3 is 4.90 Å². The van der Waals surface area contributed by atoms with Crippen molar-refractivity contribution in [2.24, 2.45) is 0 Å². The maximum absolute atomic E-state index is 13.9. The summed E-state index contributed by atoms with van der Waals surface area (Å²) in [5.41, 5.74) is -2.58. The fourth-order valence-electron chi connectivity index (χ4n) is 2.84. The summed E-state index contributed by atoms with van der Waals surface area (Å²) in [5, 5.41) is 9.36. The van der Waals surface area contributed by atoms with Gasteiger partial charge in [0.1, 0.15) is 23.7 Å². The molecule has 1 atom stereocenters. The van der Waals surface area contributed by atoms with Crippen LogP contribution in [0.25, 0.3) is 0 Å². The molecule has 148 valence electrons. The van der Waals surface area contributed by atoms with Crippen molar-refractivity contribution in [1.29, 1.82) is 0 Å². The molecule has 0 saturated carbocycles. The van der Waals surface area contributed by atoms with Crippen LogP contribution in [0.2, 0.25) is 5.02 Å². The van der Waals surface area contributed by atoms with Crippen molar-refractivity contribution in [1.82, 2.24) is 9.96 Å². The number of hydroxylamine groups is 2. The minimum absolute atomic E-state index is 0.0278. The first kappa shape index (κ1) is 20.0. The Bertz CT molecular complexity index is 946. The van der Waals surface area contributed by atoms with Crippen molar-refractivity contribution in [2.75, 3.05) is 6.54 Å². The second kappa shape index (κ2) is 7.02. The molecule has 2 amide bonds. The van der Waals surface area contributed by atoms with Gasteiger partial charge in [0.25, 0.3) is 11.8 Å². The van der Waals surface area contributed by atoms with Crippen molar-refractivity contribution in [3.05, 3.63) is 69.7 Å². The number of hydrogen-bond donors (Lipinski definition) is 1. The average molecular weight is 421 g/mol. The number of halogens is 6. The van der Waals surface area contributed by atoms with Crippen LogP contribution in [0.3, 0.4) is 0 Å². The van der Waals surface area contributed by atoms with Crippen LogP contribution in [-0.2, 0) is 11.0 Å². The molecule has 0 aromatic heterocycles. The van der Waals surface area contributed by atoms with Gasteiger partial charge in [-0.25, -0.2) is 8.78 Å². The van der Waals surface area contributed by atoms with Gasteiger partial charge in [-0.2, -0.15) is 18.2 Å². The van der Waals surface area contributed by atoms with Crippen molar-refractivity contribution in [3.8, 4) is 0 Å². The van der Waals surface area contributed by atoms with Gasteiger partial charge >= 0.3 is 6.18 Å². The van der Waals surface area contributed by atoms with Crippen LogP contribution < -0.4 is 0 Å². The maximum Gasteiger partial charge on any atom is 0.417 e. The molecule has 1 N–H and O–H groups in total. The van der Waals surface area contributed by atoms with Gasteiger partial charge in [-0.05, 0) is 29.8 Å². The molecule has 28 heavy (non-hydrogen) atoms. The quantitative estimate of drug-likeness (QED) is 0.590. The summed E-state index contributed by atoms with van der Waals surface area (Å²) in [6, 6.07) is 5.12. The molecule has 3 rings (SSSR count). The second-order valence-corrected chi connectivity index (χ2v) is 6.29. The smallest absolute Gasteiger partial charge is 0.302 e. The van der Waals surface area contributed by atoms with E-state index in [1.165, 1.54) is 0 Å². The Balaban J connectivity index is 2.09. The lowest BCUT2D eigenvalue weighted by Gasteiger charge is -2.27. The molecule has 1 aliphatic rings. The van der Waals surface area contributed by atoms with E-state index in [0.717, 1.165) is 30.3 Å². The third kappa shape index (κ3) is 3.40. The molecule has 1 saturated heterocycles. The molecule has 5 nitrogen and oxygen atoms in total. The van der Waals surface area contributed by atoms with Gasteiger partial charge in [-0.1, -0.05) is 23.7 Å². The van der Waals surface area contributed by atoms with E-state index in [1.807, 2.05) is 0 Å². The Kier molecular flexibility index (Phi) is 5.02. The van der Waals surface area contributed by atoms with Crippen molar-refractivity contribution in [3.63, 3.8) is 0 Å². The minimum atomic E-state index is -4.84. The number of alkyl halides is 3. The fourth-order valence-corrected chi connectivity index (χ4v) is 3.07. The fraction of sp³-hybridized carbons (Fsp3) is 0.176. The lowest BCUT2D eigenvalue weighted by atomic mass is 10.1. The van der Waals surface area contributed by atoms with Crippen molar-refractivity contribution in [2.45, 2.75) is 12.3 Å². The Morgan fingerprint density at radius 1 is 1.14 bits per heavy atom. The van der Waals surface area contributed by atoms with E-state index in [4.69, 9.17) is 11.6 Å². The highest BCUT2D eigenvalue weighted by Crippen LogP contribution is 2.39. The van der Waals surface area contributed by atoms with Gasteiger partial charge in [0.15, 0.2) is 6.17 Å². The summed E-state index contributed by atoms with van der Waals surface area (Å²) in [4.78, 5) is 25.1. The van der Waals surface area contributed by atoms with Crippen LogP contribution in [0.1, 0.15) is 27.7 Å². The molecule has 0 aliphatic carbocycles. The number of rotatable bonds is 2. The van der Waals surface area contributed by atoms with Gasteiger partial charge in [0.05, 0.1) is 10.6 Å². The number of amides is 2. The third-order valence-electron chi connectivity index (χ3n) is 4.12. The largest absolute Gasteiger partial charge is 0.417 e. The highest BCUT2D eigenvalue weighted by atomic mass is 35.5. The van der Waals surface area contributed by atoms with Crippen molar-refractivity contribution < 1.29 is 36.7 Å². The first-order valence-corrected chi connectivity index (χ1v) is 8.02. The second-order valence-electron chi connectivity index (χ2n) is 5.88. The Morgan fingerprint density at radius 3 is 2.32 bits per heavy atom. The third-order valence-corrected chi connectivity index (χ3v) is 4.45. The number of benzene rings is 2. The summed E-state index contributed by atoms with van der Waals surface area (Å²) in [7, 11) is 0. The summed E-state index contributed by atoms with van der Waals surface area (Å²) in [6.07, 6.45) is -6.57. The zero-order valence-corrected chi connectivity index (χ0v) is 14.4. The predicted octanol–water partition coefficient (Wildman–Crippen LogP) is 4.01. The molecule has 0 spiro atoms. The SMILES string of the molecule is O=C1CN(C(=O)c2c(F)cccc2F)C(c2ccc(Cl)c(C(F)(F)F)c2)N1O. The first-order valence-electron chi connectivity index (χ1n) is 7.65. The molecule has 2 aromatic rings. The molecule has 1 heterocycles. The van der Waals surface area contributed by atoms with Crippen LogP contribution in [0.15, 0.2) is 36.4 Å². The zero-order valence-electron chi connectivity index (χ0n) is 13.7. The molecule has 1 fully saturated rings. The molecule has 11 heteroatoms. The minimum Gasteiger partial charge on any atom is -0.302 e. The number of carbonyl (C=O) groups is 2. The summed E-state index contributed by atoms with van der Waals surface area (Å²) >= 11 is 5.55. The van der Waals surface area contributed by atoms with Crippen LogP contribution in [0, 0.1) is 11.6 Å². The molecule has 0 radical (unpaired) electrons. The lowest BCUT2D eigenvalue weighted by molar-refractivity contribution is -0.168. The Hall–Kier alpha value is -2.72. The van der Waals surface area contributed by atoms with E-state index >= 15 is 0 Å². The molecule has 1 unspecified atom stereocenters. The van der Waals surface area contributed by atoms with Crippen LogP contribution in [0.4, 0.5) is 22.0 Å². The average Bonchev–Trinajstić information content (AvgIpc) is 2.89. The zero-order chi connectivity index (χ0) is 20.8. The van der Waals surface area contributed by atoms with Gasteiger partial charge in [-0.15, -0.1) is 0 Å². The Labute approximate surface area is 159 Å². The molecule has 1 aliphatic heterocycles. The van der Waals surface area contributed by atoms with Crippen LogP contribution >= 0.6 is 11.6 Å². The van der Waals surface area contributed by atoms with E-state index in [1.54, 1.807) is 0 Å². The van der Waals surface area contributed by atoms with E-state index in [-0.39, 0.29) is 10.6 Å². The normalized spacial score (nSPS) is 17.4. The summed E-state index contributed by atoms with van der Waals surface area (Å²) in [6.45, 7) is -0.794. The van der Waals surface area contributed by atoms with E-state index in [0.29, 0.717) is 11.0 Å². The molecular formula is C17H10ClF5N2O3. The number of nitrogens with zero attached hydrogens (tertiary/aromatic N) is 2. The summed E-state index contributed by atoms with van der Waals surface area (Å²) in [5.74, 6) is -4.80. The van der Waals surface area contributed by atoms with Crippen LogP contribution in [-0.4, -0.2) is 33.5 Å². The first-order chi connectivity index (χ1) is 13.0. The van der Waals surface area contributed by atoms with E-state index in [2.05, 4.69) is 0 Å². The number of carbonyl (C=O) groups excluding carboxylic acids is 2. The highest BCUT2D eigenvalue weighted by molar-refractivity contribution is 6.31. The topological polar surface area (TPSA) is 60.9 Å². The standard InChI is InChI=1S/C17H10ClF5N2O3/c18-10-5-4-8(6-9(10)17(21,22)23)15-24(7-13(26)25(15)28)16(27)14-11(19)2-1-3-12(14)20/h1-6,15,28H,7H2. The maximum atomic E-state index is 13.9. The van der Waals surface area contributed by atoms with Gasteiger partial charge in [-0.3, -0.25) is 14.8 Å². The van der Waals surface area contributed by atoms with E-state index < -0.39 is 58.5 Å². The lowest BCUT2D eigenvalue weighted by Crippen LogP contribution is -2.35. The molecular weight excluding hydrogens is 411 g/mol. The monoisotopic (exact) mass is 420 g/mol. The van der Waals surface area contributed by atoms with Gasteiger partial charge in [0, 0.05) is 0 Å². The highest BCUT2D eigenvalue weighted by Gasteiger charge is 2.44. The predicted molar refractivity (Wildman–Crippen MR) is 85.2 cm³/mol.